The van der Waals surface area contributed by atoms with E-state index < -0.39 is 0 Å². The van der Waals surface area contributed by atoms with Crippen molar-refractivity contribution in [3.63, 3.8) is 0 Å². The second-order valence-electron chi connectivity index (χ2n) is 4.32. The molecule has 0 atom stereocenters. The molecule has 0 aromatic heterocycles. The summed E-state index contributed by atoms with van der Waals surface area (Å²) in [6.45, 7) is 2.25. The normalized spacial score (nSPS) is 15.4. The molecule has 2 N–H and O–H groups in total. The van der Waals surface area contributed by atoms with E-state index in [0.29, 0.717) is 31.9 Å². The molecular weight excluding hydrogens is 248 g/mol. The van der Waals surface area contributed by atoms with Crippen molar-refractivity contribution in [2.24, 2.45) is 5.73 Å². The van der Waals surface area contributed by atoms with Gasteiger partial charge in [-0.1, -0.05) is 12.1 Å². The van der Waals surface area contributed by atoms with Gasteiger partial charge in [-0.25, -0.2) is 0 Å². The number of nitro groups is 1. The van der Waals surface area contributed by atoms with Crippen LogP contribution in [-0.4, -0.2) is 48.5 Å². The zero-order chi connectivity index (χ0) is 13.8. The zero-order valence-corrected chi connectivity index (χ0v) is 10.5. The van der Waals surface area contributed by atoms with Crippen LogP contribution < -0.4 is 10.6 Å². The Morgan fingerprint density at radius 2 is 1.89 bits per heavy atom. The van der Waals surface area contributed by atoms with Crippen molar-refractivity contribution in [1.29, 1.82) is 0 Å². The van der Waals surface area contributed by atoms with Gasteiger partial charge >= 0.3 is 0 Å². The van der Waals surface area contributed by atoms with E-state index in [0.717, 1.165) is 0 Å². The van der Waals surface area contributed by atoms with E-state index in [1.54, 1.807) is 23.1 Å². The first-order valence-electron chi connectivity index (χ1n) is 6.09. The highest BCUT2D eigenvalue weighted by atomic mass is 16.6. The van der Waals surface area contributed by atoms with Crippen molar-refractivity contribution in [2.75, 3.05) is 37.6 Å². The van der Waals surface area contributed by atoms with Gasteiger partial charge in [0.25, 0.3) is 5.69 Å². The van der Waals surface area contributed by atoms with Gasteiger partial charge in [0.15, 0.2) is 0 Å². The molecule has 1 amide bonds. The smallest absolute Gasteiger partial charge is 0.292 e. The third-order valence-corrected chi connectivity index (χ3v) is 3.23. The first-order valence-corrected chi connectivity index (χ1v) is 6.09. The summed E-state index contributed by atoms with van der Waals surface area (Å²) in [7, 11) is 0. The summed E-state index contributed by atoms with van der Waals surface area (Å²) in [6.07, 6.45) is 0. The van der Waals surface area contributed by atoms with Crippen molar-refractivity contribution in [1.82, 2.24) is 4.90 Å². The van der Waals surface area contributed by atoms with Crippen LogP contribution >= 0.6 is 0 Å². The number of nitrogens with two attached hydrogens (primary N) is 1. The van der Waals surface area contributed by atoms with Crippen LogP contribution in [0.25, 0.3) is 0 Å². The number of rotatable bonds is 3. The van der Waals surface area contributed by atoms with E-state index >= 15 is 0 Å². The molecule has 0 aliphatic carbocycles. The number of amides is 1. The number of benzene rings is 1. The second kappa shape index (κ2) is 5.66. The molecule has 1 fully saturated rings. The summed E-state index contributed by atoms with van der Waals surface area (Å²) < 4.78 is 0. The number of carbonyl (C=O) groups excluding carboxylic acids is 1. The molecule has 1 aliphatic heterocycles. The van der Waals surface area contributed by atoms with E-state index in [1.165, 1.54) is 6.07 Å². The van der Waals surface area contributed by atoms with Gasteiger partial charge in [0.2, 0.25) is 5.91 Å². The Hall–Kier alpha value is -2.15. The van der Waals surface area contributed by atoms with Crippen LogP contribution in [0.5, 0.6) is 0 Å². The molecule has 0 saturated carbocycles. The summed E-state index contributed by atoms with van der Waals surface area (Å²) in [5, 5.41) is 11.0. The Morgan fingerprint density at radius 1 is 1.26 bits per heavy atom. The third kappa shape index (κ3) is 2.82. The highest BCUT2D eigenvalue weighted by Crippen LogP contribution is 2.28. The first-order chi connectivity index (χ1) is 9.13. The van der Waals surface area contributed by atoms with E-state index in [2.05, 4.69) is 0 Å². The summed E-state index contributed by atoms with van der Waals surface area (Å²) >= 11 is 0. The lowest BCUT2D eigenvalue weighted by Gasteiger charge is -2.35. The molecule has 1 heterocycles. The Morgan fingerprint density at radius 3 is 2.47 bits per heavy atom. The number of anilines is 1. The van der Waals surface area contributed by atoms with Crippen LogP contribution in [0.15, 0.2) is 24.3 Å². The highest BCUT2D eigenvalue weighted by molar-refractivity contribution is 5.78. The number of nitro benzene ring substituents is 1. The van der Waals surface area contributed by atoms with E-state index in [4.69, 9.17) is 5.73 Å². The van der Waals surface area contributed by atoms with E-state index in [9.17, 15) is 14.9 Å². The van der Waals surface area contributed by atoms with E-state index in [1.807, 2.05) is 4.90 Å². The SMILES string of the molecule is NCC(=O)N1CCN(c2ccccc2[N+](=O)[O-])CC1. The molecule has 7 nitrogen and oxygen atoms in total. The topological polar surface area (TPSA) is 92.7 Å². The minimum Gasteiger partial charge on any atom is -0.362 e. The standard InChI is InChI=1S/C12H16N4O3/c13-9-12(17)15-7-5-14(6-8-15)10-3-1-2-4-11(10)16(18)19/h1-4H,5-9,13H2. The molecule has 1 saturated heterocycles. The zero-order valence-electron chi connectivity index (χ0n) is 10.5. The van der Waals surface area contributed by atoms with Crippen molar-refractivity contribution >= 4 is 17.3 Å². The van der Waals surface area contributed by atoms with Crippen LogP contribution in [0.3, 0.4) is 0 Å². The van der Waals surface area contributed by atoms with Crippen LogP contribution in [-0.2, 0) is 4.79 Å². The molecule has 1 aromatic carbocycles. The maximum Gasteiger partial charge on any atom is 0.292 e. The summed E-state index contributed by atoms with van der Waals surface area (Å²) in [6, 6.07) is 6.65. The number of para-hydroxylation sites is 2. The number of nitrogens with zero attached hydrogens (tertiary/aromatic N) is 3. The van der Waals surface area contributed by atoms with Gasteiger partial charge in [0.05, 0.1) is 11.5 Å². The molecule has 0 unspecified atom stereocenters. The van der Waals surface area contributed by atoms with Gasteiger partial charge in [-0.05, 0) is 6.07 Å². The van der Waals surface area contributed by atoms with E-state index in [-0.39, 0.29) is 23.1 Å². The lowest BCUT2D eigenvalue weighted by atomic mass is 10.2. The van der Waals surface area contributed by atoms with Gasteiger partial charge in [-0.3, -0.25) is 14.9 Å². The Balaban J connectivity index is 2.10. The predicted molar refractivity (Wildman–Crippen MR) is 70.9 cm³/mol. The Labute approximate surface area is 110 Å². The number of piperazine rings is 1. The van der Waals surface area contributed by atoms with Crippen LogP contribution in [0.2, 0.25) is 0 Å². The van der Waals surface area contributed by atoms with Gasteiger partial charge in [-0.15, -0.1) is 0 Å². The summed E-state index contributed by atoms with van der Waals surface area (Å²) in [5.41, 5.74) is 6.02. The average Bonchev–Trinajstić information content (AvgIpc) is 2.46. The molecular formula is C12H16N4O3. The molecule has 2 rings (SSSR count). The molecule has 1 aliphatic rings. The molecule has 1 aromatic rings. The average molecular weight is 264 g/mol. The van der Waals surface area contributed by atoms with Crippen LogP contribution in [0.1, 0.15) is 0 Å². The predicted octanol–water partition coefficient (Wildman–Crippen LogP) is 0.202. The first kappa shape index (κ1) is 13.3. The largest absolute Gasteiger partial charge is 0.362 e. The van der Waals surface area contributed by atoms with Crippen molar-refractivity contribution < 1.29 is 9.72 Å². The van der Waals surface area contributed by atoms with Gasteiger partial charge in [0.1, 0.15) is 5.69 Å². The summed E-state index contributed by atoms with van der Waals surface area (Å²) in [5.74, 6) is -0.0813. The maximum absolute atomic E-state index is 11.5. The summed E-state index contributed by atoms with van der Waals surface area (Å²) in [4.78, 5) is 25.7. The van der Waals surface area contributed by atoms with Crippen molar-refractivity contribution in [2.45, 2.75) is 0 Å². The second-order valence-corrected chi connectivity index (χ2v) is 4.32. The van der Waals surface area contributed by atoms with Crippen LogP contribution in [0.4, 0.5) is 11.4 Å². The third-order valence-electron chi connectivity index (χ3n) is 3.23. The lowest BCUT2D eigenvalue weighted by molar-refractivity contribution is -0.384. The fraction of sp³-hybridized carbons (Fsp3) is 0.417. The Bertz CT molecular complexity index is 484. The number of hydrogen-bond acceptors (Lipinski definition) is 5. The number of hydrogen-bond donors (Lipinski definition) is 1. The minimum absolute atomic E-state index is 0.00544. The quantitative estimate of drug-likeness (QED) is 0.622. The molecule has 102 valence electrons. The molecule has 0 bridgehead atoms. The van der Waals surface area contributed by atoms with Crippen molar-refractivity contribution in [3.8, 4) is 0 Å². The van der Waals surface area contributed by atoms with Crippen LogP contribution in [0, 0.1) is 10.1 Å². The minimum atomic E-state index is -0.382. The Kier molecular flexibility index (Phi) is 3.96. The van der Waals surface area contributed by atoms with Crippen molar-refractivity contribution in [3.05, 3.63) is 34.4 Å². The maximum atomic E-state index is 11.5. The fourth-order valence-electron chi connectivity index (χ4n) is 2.21. The lowest BCUT2D eigenvalue weighted by Crippen LogP contribution is -2.50. The molecule has 7 heteroatoms. The van der Waals surface area contributed by atoms with Gasteiger partial charge in [0, 0.05) is 32.2 Å². The van der Waals surface area contributed by atoms with Gasteiger partial charge in [-0.2, -0.15) is 0 Å². The molecule has 0 spiro atoms. The molecule has 19 heavy (non-hydrogen) atoms. The van der Waals surface area contributed by atoms with Gasteiger partial charge < -0.3 is 15.5 Å². The fourth-order valence-corrected chi connectivity index (χ4v) is 2.21. The molecule has 0 radical (unpaired) electrons. The highest BCUT2D eigenvalue weighted by Gasteiger charge is 2.24. The number of carbonyl (C=O) groups is 1. The monoisotopic (exact) mass is 264 g/mol.